The zero-order chi connectivity index (χ0) is 11.3. The number of morpholine rings is 1. The first-order valence-electron chi connectivity index (χ1n) is 6.14. The SMILES string of the molecule is CCC(CN)CCN1CCOC(C)(C)C1. The third-order valence-electron chi connectivity index (χ3n) is 3.27. The van der Waals surface area contributed by atoms with Crippen molar-refractivity contribution in [3.63, 3.8) is 0 Å². The first-order chi connectivity index (χ1) is 7.07. The van der Waals surface area contributed by atoms with E-state index in [-0.39, 0.29) is 5.60 Å². The van der Waals surface area contributed by atoms with E-state index in [4.69, 9.17) is 10.5 Å². The second-order valence-corrected chi connectivity index (χ2v) is 5.18. The molecule has 0 aromatic carbocycles. The molecule has 1 aliphatic heterocycles. The molecule has 1 fully saturated rings. The standard InChI is InChI=1S/C12H26N2O/c1-4-11(9-13)5-6-14-7-8-15-12(2,3)10-14/h11H,4-10,13H2,1-3H3. The Labute approximate surface area is 94.0 Å². The zero-order valence-electron chi connectivity index (χ0n) is 10.5. The van der Waals surface area contributed by atoms with Crippen LogP contribution in [0.15, 0.2) is 0 Å². The van der Waals surface area contributed by atoms with E-state index in [1.807, 2.05) is 0 Å². The molecule has 0 saturated carbocycles. The van der Waals surface area contributed by atoms with Crippen LogP contribution in [0.1, 0.15) is 33.6 Å². The molecule has 0 aromatic heterocycles. The van der Waals surface area contributed by atoms with Crippen LogP contribution in [0.3, 0.4) is 0 Å². The van der Waals surface area contributed by atoms with Crippen molar-refractivity contribution in [2.45, 2.75) is 39.2 Å². The van der Waals surface area contributed by atoms with Crippen LogP contribution in [-0.4, -0.2) is 43.3 Å². The van der Waals surface area contributed by atoms with Crippen molar-refractivity contribution < 1.29 is 4.74 Å². The second kappa shape index (κ2) is 5.83. The molecule has 2 N–H and O–H groups in total. The fourth-order valence-corrected chi connectivity index (χ4v) is 2.16. The summed E-state index contributed by atoms with van der Waals surface area (Å²) in [5.41, 5.74) is 5.74. The summed E-state index contributed by atoms with van der Waals surface area (Å²) in [7, 11) is 0. The van der Waals surface area contributed by atoms with Crippen LogP contribution >= 0.6 is 0 Å². The summed E-state index contributed by atoms with van der Waals surface area (Å²) in [6.07, 6.45) is 2.42. The van der Waals surface area contributed by atoms with Crippen LogP contribution in [0.25, 0.3) is 0 Å². The number of hydrogen-bond acceptors (Lipinski definition) is 3. The highest BCUT2D eigenvalue weighted by atomic mass is 16.5. The lowest BCUT2D eigenvalue weighted by molar-refractivity contribution is -0.0867. The molecule has 1 unspecified atom stereocenters. The number of hydrogen-bond donors (Lipinski definition) is 1. The van der Waals surface area contributed by atoms with Crippen LogP contribution < -0.4 is 5.73 Å². The first-order valence-corrected chi connectivity index (χ1v) is 6.14. The van der Waals surface area contributed by atoms with Crippen molar-refractivity contribution in [2.24, 2.45) is 11.7 Å². The highest BCUT2D eigenvalue weighted by molar-refractivity contribution is 4.79. The maximum atomic E-state index is 5.71. The maximum Gasteiger partial charge on any atom is 0.0753 e. The van der Waals surface area contributed by atoms with Gasteiger partial charge in [0.05, 0.1) is 12.2 Å². The number of nitrogens with zero attached hydrogens (tertiary/aromatic N) is 1. The lowest BCUT2D eigenvalue weighted by Gasteiger charge is -2.38. The van der Waals surface area contributed by atoms with Gasteiger partial charge in [-0.3, -0.25) is 4.90 Å². The molecule has 1 atom stereocenters. The Bertz CT molecular complexity index is 178. The lowest BCUT2D eigenvalue weighted by Crippen LogP contribution is -2.48. The molecule has 1 saturated heterocycles. The van der Waals surface area contributed by atoms with Crippen LogP contribution in [0.5, 0.6) is 0 Å². The van der Waals surface area contributed by atoms with Gasteiger partial charge in [-0.15, -0.1) is 0 Å². The van der Waals surface area contributed by atoms with Gasteiger partial charge in [0.1, 0.15) is 0 Å². The monoisotopic (exact) mass is 214 g/mol. The van der Waals surface area contributed by atoms with Gasteiger partial charge in [-0.05, 0) is 39.3 Å². The molecule has 3 nitrogen and oxygen atoms in total. The molecule has 1 aliphatic rings. The Morgan fingerprint density at radius 3 is 2.73 bits per heavy atom. The van der Waals surface area contributed by atoms with E-state index in [0.717, 1.165) is 26.2 Å². The summed E-state index contributed by atoms with van der Waals surface area (Å²) in [6, 6.07) is 0. The molecule has 0 amide bonds. The van der Waals surface area contributed by atoms with Crippen molar-refractivity contribution in [3.05, 3.63) is 0 Å². The topological polar surface area (TPSA) is 38.5 Å². The van der Waals surface area contributed by atoms with Crippen molar-refractivity contribution in [3.8, 4) is 0 Å². The maximum absolute atomic E-state index is 5.71. The van der Waals surface area contributed by atoms with E-state index in [9.17, 15) is 0 Å². The summed E-state index contributed by atoms with van der Waals surface area (Å²) >= 11 is 0. The third kappa shape index (κ3) is 4.49. The minimum Gasteiger partial charge on any atom is -0.373 e. The van der Waals surface area contributed by atoms with Gasteiger partial charge in [0.2, 0.25) is 0 Å². The lowest BCUT2D eigenvalue weighted by atomic mass is 10.0. The van der Waals surface area contributed by atoms with Gasteiger partial charge in [0.25, 0.3) is 0 Å². The Morgan fingerprint density at radius 1 is 1.47 bits per heavy atom. The minimum absolute atomic E-state index is 0.0304. The van der Waals surface area contributed by atoms with Crippen molar-refractivity contribution in [1.29, 1.82) is 0 Å². The van der Waals surface area contributed by atoms with Crippen LogP contribution in [-0.2, 0) is 4.74 Å². The predicted molar refractivity (Wildman–Crippen MR) is 63.9 cm³/mol. The molecule has 1 heterocycles. The summed E-state index contributed by atoms with van der Waals surface area (Å²) in [6.45, 7) is 11.5. The zero-order valence-corrected chi connectivity index (χ0v) is 10.5. The number of rotatable bonds is 5. The average molecular weight is 214 g/mol. The van der Waals surface area contributed by atoms with Gasteiger partial charge < -0.3 is 10.5 Å². The molecule has 0 aliphatic carbocycles. The molecular formula is C12H26N2O. The normalized spacial score (nSPS) is 24.0. The van der Waals surface area contributed by atoms with E-state index in [2.05, 4.69) is 25.7 Å². The van der Waals surface area contributed by atoms with Crippen molar-refractivity contribution in [1.82, 2.24) is 4.90 Å². The third-order valence-corrected chi connectivity index (χ3v) is 3.27. The molecule has 15 heavy (non-hydrogen) atoms. The predicted octanol–water partition coefficient (Wildman–Crippen LogP) is 1.47. The largest absolute Gasteiger partial charge is 0.373 e. The van der Waals surface area contributed by atoms with E-state index in [1.165, 1.54) is 19.4 Å². The average Bonchev–Trinajstić information content (AvgIpc) is 2.18. The number of nitrogens with two attached hydrogens (primary N) is 1. The smallest absolute Gasteiger partial charge is 0.0753 e. The Kier molecular flexibility index (Phi) is 5.03. The van der Waals surface area contributed by atoms with Gasteiger partial charge in [-0.25, -0.2) is 0 Å². The van der Waals surface area contributed by atoms with Gasteiger partial charge in [-0.2, -0.15) is 0 Å². The Morgan fingerprint density at radius 2 is 2.20 bits per heavy atom. The van der Waals surface area contributed by atoms with Crippen LogP contribution in [0, 0.1) is 5.92 Å². The molecular weight excluding hydrogens is 188 g/mol. The fourth-order valence-electron chi connectivity index (χ4n) is 2.16. The minimum atomic E-state index is 0.0304. The van der Waals surface area contributed by atoms with Gasteiger partial charge in [0.15, 0.2) is 0 Å². The van der Waals surface area contributed by atoms with Crippen molar-refractivity contribution >= 4 is 0 Å². The van der Waals surface area contributed by atoms with E-state index in [0.29, 0.717) is 5.92 Å². The van der Waals surface area contributed by atoms with E-state index >= 15 is 0 Å². The quantitative estimate of drug-likeness (QED) is 0.753. The summed E-state index contributed by atoms with van der Waals surface area (Å²) < 4.78 is 5.69. The summed E-state index contributed by atoms with van der Waals surface area (Å²) in [4.78, 5) is 2.50. The molecule has 0 bridgehead atoms. The molecule has 1 rings (SSSR count). The number of ether oxygens (including phenoxy) is 1. The highest BCUT2D eigenvalue weighted by Crippen LogP contribution is 2.17. The Balaban J connectivity index is 2.26. The summed E-state index contributed by atoms with van der Waals surface area (Å²) in [5.74, 6) is 0.691. The van der Waals surface area contributed by atoms with Crippen LogP contribution in [0.4, 0.5) is 0 Å². The van der Waals surface area contributed by atoms with Gasteiger partial charge in [0, 0.05) is 13.1 Å². The second-order valence-electron chi connectivity index (χ2n) is 5.18. The first kappa shape index (κ1) is 12.9. The van der Waals surface area contributed by atoms with Gasteiger partial charge >= 0.3 is 0 Å². The Hall–Kier alpha value is -0.120. The molecule has 90 valence electrons. The molecule has 3 heteroatoms. The highest BCUT2D eigenvalue weighted by Gasteiger charge is 2.26. The molecule has 0 radical (unpaired) electrons. The van der Waals surface area contributed by atoms with Crippen molar-refractivity contribution in [2.75, 3.05) is 32.8 Å². The summed E-state index contributed by atoms with van der Waals surface area (Å²) in [5, 5.41) is 0. The van der Waals surface area contributed by atoms with E-state index < -0.39 is 0 Å². The van der Waals surface area contributed by atoms with E-state index in [1.54, 1.807) is 0 Å². The molecule has 0 spiro atoms. The fraction of sp³-hybridized carbons (Fsp3) is 1.00. The van der Waals surface area contributed by atoms with Crippen LogP contribution in [0.2, 0.25) is 0 Å². The molecule has 0 aromatic rings. The van der Waals surface area contributed by atoms with Gasteiger partial charge in [-0.1, -0.05) is 13.3 Å².